The summed E-state index contributed by atoms with van der Waals surface area (Å²) in [7, 11) is 0. The average molecular weight is 354 g/mol. The highest BCUT2D eigenvalue weighted by molar-refractivity contribution is 5.95. The van der Waals surface area contributed by atoms with Crippen LogP contribution in [0, 0.1) is 12.8 Å². The Balaban J connectivity index is 1.43. The van der Waals surface area contributed by atoms with Gasteiger partial charge >= 0.3 is 0 Å². The Hall–Kier alpha value is -2.10. The highest BCUT2D eigenvalue weighted by Gasteiger charge is 2.28. The first kappa shape index (κ1) is 18.7. The normalized spacial score (nSPS) is 18.3. The van der Waals surface area contributed by atoms with Gasteiger partial charge in [0.1, 0.15) is 0 Å². The van der Waals surface area contributed by atoms with Crippen LogP contribution in [-0.4, -0.2) is 36.3 Å². The lowest BCUT2D eigenvalue weighted by Gasteiger charge is -2.31. The standard InChI is InChI=1S/C22H30N2O2/c1-17-7-5-6-10-20(17)22(26)24-15-12-19(13-16-24)21(25)23-14-11-18-8-3-2-4-9-18/h5-8,10,19H,2-4,9,11-16H2,1H3,(H,23,25). The molecule has 2 amide bonds. The van der Waals surface area contributed by atoms with Crippen LogP contribution in [0.3, 0.4) is 0 Å². The minimum Gasteiger partial charge on any atom is -0.356 e. The summed E-state index contributed by atoms with van der Waals surface area (Å²) < 4.78 is 0. The Morgan fingerprint density at radius 1 is 1.15 bits per heavy atom. The molecular weight excluding hydrogens is 324 g/mol. The van der Waals surface area contributed by atoms with Gasteiger partial charge in [0.05, 0.1) is 0 Å². The molecule has 0 spiro atoms. The van der Waals surface area contributed by atoms with Crippen molar-refractivity contribution >= 4 is 11.8 Å². The third-order valence-corrected chi connectivity index (χ3v) is 5.66. The number of benzene rings is 1. The molecule has 1 aliphatic heterocycles. The van der Waals surface area contributed by atoms with E-state index in [1.165, 1.54) is 31.3 Å². The number of hydrogen-bond acceptors (Lipinski definition) is 2. The number of rotatable bonds is 5. The molecule has 1 aliphatic carbocycles. The van der Waals surface area contributed by atoms with Gasteiger partial charge in [-0.3, -0.25) is 9.59 Å². The topological polar surface area (TPSA) is 49.4 Å². The number of nitrogens with one attached hydrogen (secondary N) is 1. The van der Waals surface area contributed by atoms with Gasteiger partial charge in [0.25, 0.3) is 5.91 Å². The Morgan fingerprint density at radius 2 is 1.92 bits per heavy atom. The van der Waals surface area contributed by atoms with Crippen LogP contribution < -0.4 is 5.32 Å². The van der Waals surface area contributed by atoms with E-state index in [1.807, 2.05) is 36.1 Å². The van der Waals surface area contributed by atoms with Crippen LogP contribution >= 0.6 is 0 Å². The van der Waals surface area contributed by atoms with Gasteiger partial charge in [0.15, 0.2) is 0 Å². The number of carbonyl (C=O) groups excluding carboxylic acids is 2. The van der Waals surface area contributed by atoms with E-state index in [9.17, 15) is 9.59 Å². The van der Waals surface area contributed by atoms with E-state index in [4.69, 9.17) is 0 Å². The van der Waals surface area contributed by atoms with Crippen molar-refractivity contribution < 1.29 is 9.59 Å². The van der Waals surface area contributed by atoms with E-state index in [0.29, 0.717) is 13.1 Å². The zero-order valence-electron chi connectivity index (χ0n) is 15.8. The number of likely N-dealkylation sites (tertiary alicyclic amines) is 1. The Kier molecular flexibility index (Phi) is 6.48. The summed E-state index contributed by atoms with van der Waals surface area (Å²) in [6.07, 6.45) is 9.80. The predicted molar refractivity (Wildman–Crippen MR) is 104 cm³/mol. The van der Waals surface area contributed by atoms with Gasteiger partial charge in [-0.05, 0) is 63.5 Å². The van der Waals surface area contributed by atoms with Crippen molar-refractivity contribution in [1.29, 1.82) is 0 Å². The molecule has 140 valence electrons. The van der Waals surface area contributed by atoms with Crippen LogP contribution in [0.15, 0.2) is 35.9 Å². The van der Waals surface area contributed by atoms with E-state index in [0.717, 1.165) is 36.9 Å². The van der Waals surface area contributed by atoms with E-state index in [-0.39, 0.29) is 17.7 Å². The molecule has 1 fully saturated rings. The van der Waals surface area contributed by atoms with E-state index in [2.05, 4.69) is 11.4 Å². The molecule has 0 bridgehead atoms. The molecule has 2 aliphatic rings. The van der Waals surface area contributed by atoms with Gasteiger partial charge in [-0.1, -0.05) is 29.8 Å². The monoisotopic (exact) mass is 354 g/mol. The Labute approximate surface area is 156 Å². The lowest BCUT2D eigenvalue weighted by Crippen LogP contribution is -2.43. The number of hydrogen-bond donors (Lipinski definition) is 1. The lowest BCUT2D eigenvalue weighted by atomic mass is 9.94. The maximum Gasteiger partial charge on any atom is 0.254 e. The minimum atomic E-state index is 0.0382. The molecular formula is C22H30N2O2. The maximum absolute atomic E-state index is 12.7. The summed E-state index contributed by atoms with van der Waals surface area (Å²) in [6.45, 7) is 4.04. The molecule has 4 heteroatoms. The van der Waals surface area contributed by atoms with Gasteiger partial charge in [-0.15, -0.1) is 0 Å². The quantitative estimate of drug-likeness (QED) is 0.817. The zero-order chi connectivity index (χ0) is 18.4. The lowest BCUT2D eigenvalue weighted by molar-refractivity contribution is -0.126. The van der Waals surface area contributed by atoms with Gasteiger partial charge in [0, 0.05) is 31.1 Å². The van der Waals surface area contributed by atoms with Crippen molar-refractivity contribution in [2.75, 3.05) is 19.6 Å². The highest BCUT2D eigenvalue weighted by Crippen LogP contribution is 2.22. The SMILES string of the molecule is Cc1ccccc1C(=O)N1CCC(C(=O)NCCC2=CCCCC2)CC1. The first-order chi connectivity index (χ1) is 12.6. The largest absolute Gasteiger partial charge is 0.356 e. The van der Waals surface area contributed by atoms with E-state index in [1.54, 1.807) is 0 Å². The summed E-state index contributed by atoms with van der Waals surface area (Å²) in [5.41, 5.74) is 3.28. The van der Waals surface area contributed by atoms with Crippen molar-refractivity contribution in [3.63, 3.8) is 0 Å². The summed E-state index contributed by atoms with van der Waals surface area (Å²) in [5.74, 6) is 0.284. The summed E-state index contributed by atoms with van der Waals surface area (Å²) in [5, 5.41) is 3.10. The molecule has 0 unspecified atom stereocenters. The Morgan fingerprint density at radius 3 is 2.62 bits per heavy atom. The van der Waals surface area contributed by atoms with Crippen LogP contribution in [0.4, 0.5) is 0 Å². The van der Waals surface area contributed by atoms with Crippen LogP contribution in [0.25, 0.3) is 0 Å². The van der Waals surface area contributed by atoms with Crippen molar-refractivity contribution in [3.8, 4) is 0 Å². The highest BCUT2D eigenvalue weighted by atomic mass is 16.2. The number of allylic oxidation sites excluding steroid dienone is 1. The molecule has 1 heterocycles. The molecule has 0 radical (unpaired) electrons. The molecule has 4 nitrogen and oxygen atoms in total. The number of nitrogens with zero attached hydrogens (tertiary/aromatic N) is 1. The first-order valence-corrected chi connectivity index (χ1v) is 9.95. The first-order valence-electron chi connectivity index (χ1n) is 9.95. The fraction of sp³-hybridized carbons (Fsp3) is 0.545. The fourth-order valence-corrected chi connectivity index (χ4v) is 3.95. The number of amides is 2. The maximum atomic E-state index is 12.7. The molecule has 1 saturated heterocycles. The Bertz CT molecular complexity index is 672. The molecule has 0 aromatic heterocycles. The number of piperidine rings is 1. The smallest absolute Gasteiger partial charge is 0.254 e. The third kappa shape index (κ3) is 4.75. The van der Waals surface area contributed by atoms with Gasteiger partial charge in [-0.25, -0.2) is 0 Å². The third-order valence-electron chi connectivity index (χ3n) is 5.66. The van der Waals surface area contributed by atoms with Crippen LogP contribution in [0.1, 0.15) is 60.9 Å². The second-order valence-electron chi connectivity index (χ2n) is 7.53. The summed E-state index contributed by atoms with van der Waals surface area (Å²) in [4.78, 5) is 27.0. The van der Waals surface area contributed by atoms with Gasteiger partial charge < -0.3 is 10.2 Å². The number of carbonyl (C=O) groups is 2. The molecule has 1 N–H and O–H groups in total. The summed E-state index contributed by atoms with van der Waals surface area (Å²) in [6, 6.07) is 7.71. The van der Waals surface area contributed by atoms with Crippen molar-refractivity contribution in [1.82, 2.24) is 10.2 Å². The summed E-state index contributed by atoms with van der Waals surface area (Å²) >= 11 is 0. The number of aryl methyl sites for hydroxylation is 1. The molecule has 1 aromatic rings. The van der Waals surface area contributed by atoms with Crippen LogP contribution in [0.5, 0.6) is 0 Å². The van der Waals surface area contributed by atoms with Crippen LogP contribution in [-0.2, 0) is 4.79 Å². The molecule has 0 saturated carbocycles. The second-order valence-corrected chi connectivity index (χ2v) is 7.53. The van der Waals surface area contributed by atoms with E-state index >= 15 is 0 Å². The van der Waals surface area contributed by atoms with Crippen LogP contribution in [0.2, 0.25) is 0 Å². The molecule has 3 rings (SSSR count). The van der Waals surface area contributed by atoms with Crippen molar-refractivity contribution in [3.05, 3.63) is 47.0 Å². The predicted octanol–water partition coefficient (Wildman–Crippen LogP) is 3.85. The van der Waals surface area contributed by atoms with Crippen molar-refractivity contribution in [2.24, 2.45) is 5.92 Å². The molecule has 0 atom stereocenters. The van der Waals surface area contributed by atoms with Crippen molar-refractivity contribution in [2.45, 2.75) is 51.9 Å². The van der Waals surface area contributed by atoms with Gasteiger partial charge in [-0.2, -0.15) is 0 Å². The fourth-order valence-electron chi connectivity index (χ4n) is 3.95. The van der Waals surface area contributed by atoms with Gasteiger partial charge in [0.2, 0.25) is 5.91 Å². The van der Waals surface area contributed by atoms with E-state index < -0.39 is 0 Å². The zero-order valence-corrected chi connectivity index (χ0v) is 15.8. The molecule has 26 heavy (non-hydrogen) atoms. The average Bonchev–Trinajstić information content (AvgIpc) is 2.69. The second kappa shape index (κ2) is 9.02. The molecule has 1 aromatic carbocycles. The minimum absolute atomic E-state index is 0.0382.